The average Bonchev–Trinajstić information content (AvgIpc) is 1.88. The number of hydrogen-bond donors (Lipinski definition) is 2. The molecule has 75 valence electrons. The maximum absolute atomic E-state index is 8.74. The van der Waals surface area contributed by atoms with Gasteiger partial charge in [0.25, 0.3) is 0 Å². The van der Waals surface area contributed by atoms with Gasteiger partial charge in [-0.2, -0.15) is 8.42 Å². The van der Waals surface area contributed by atoms with Gasteiger partial charge in [-0.3, -0.25) is 14.1 Å². The van der Waals surface area contributed by atoms with Crippen molar-refractivity contribution in [3.05, 3.63) is 30.6 Å². The Balaban J connectivity index is -0.0000000597. The van der Waals surface area contributed by atoms with Crippen molar-refractivity contribution in [3.63, 3.8) is 0 Å². The molecular weight excluding hydrogens is 257 g/mol. The zero-order chi connectivity index (χ0) is 8.74. The molecular formula is C5H8CuNNaO4S. The van der Waals surface area contributed by atoms with Crippen LogP contribution in [-0.2, 0) is 27.5 Å². The summed E-state index contributed by atoms with van der Waals surface area (Å²) in [5.41, 5.74) is 0. The van der Waals surface area contributed by atoms with Crippen LogP contribution in [-0.4, -0.2) is 22.5 Å². The van der Waals surface area contributed by atoms with Gasteiger partial charge in [-0.25, -0.2) is 0 Å². The Bertz CT molecular complexity index is 250. The third kappa shape index (κ3) is 32.6. The summed E-state index contributed by atoms with van der Waals surface area (Å²) in [5.74, 6) is 0. The molecule has 8 heteroatoms. The van der Waals surface area contributed by atoms with Gasteiger partial charge in [-0.05, 0) is 12.1 Å². The maximum Gasteiger partial charge on any atom is 1.00 e. The molecule has 0 aliphatic carbocycles. The van der Waals surface area contributed by atoms with Crippen LogP contribution in [0, 0.1) is 0 Å². The number of pyridine rings is 1. The Labute approximate surface area is 111 Å². The molecule has 1 rings (SSSR count). The molecule has 13 heavy (non-hydrogen) atoms. The van der Waals surface area contributed by atoms with E-state index in [1.54, 1.807) is 12.4 Å². The quantitative estimate of drug-likeness (QED) is 0.401. The first-order valence-corrected chi connectivity index (χ1v) is 3.95. The Hall–Kier alpha value is 0.539. The fourth-order valence-electron chi connectivity index (χ4n) is 0.313. The van der Waals surface area contributed by atoms with Gasteiger partial charge >= 0.3 is 40.0 Å². The summed E-state index contributed by atoms with van der Waals surface area (Å²) in [6.45, 7) is 0. The monoisotopic (exact) mass is 264 g/mol. The average molecular weight is 265 g/mol. The molecule has 1 heterocycles. The Kier molecular flexibility index (Phi) is 15.7. The molecule has 1 radical (unpaired) electrons. The Morgan fingerprint density at radius 1 is 1.08 bits per heavy atom. The summed E-state index contributed by atoms with van der Waals surface area (Å²) >= 11 is 0. The molecule has 0 fully saturated rings. The van der Waals surface area contributed by atoms with Crippen LogP contribution in [0.5, 0.6) is 0 Å². The van der Waals surface area contributed by atoms with Gasteiger partial charge in [0.2, 0.25) is 0 Å². The second kappa shape index (κ2) is 10.6. The van der Waals surface area contributed by atoms with Gasteiger partial charge in [0, 0.05) is 29.5 Å². The maximum atomic E-state index is 8.74. The second-order valence-corrected chi connectivity index (χ2v) is 2.37. The molecule has 0 aliphatic heterocycles. The van der Waals surface area contributed by atoms with Crippen LogP contribution >= 0.6 is 0 Å². The van der Waals surface area contributed by atoms with Crippen LogP contribution in [0.4, 0.5) is 0 Å². The van der Waals surface area contributed by atoms with E-state index in [1.807, 2.05) is 18.2 Å². The van der Waals surface area contributed by atoms with Crippen molar-refractivity contribution in [1.82, 2.24) is 4.98 Å². The third-order valence-electron chi connectivity index (χ3n) is 0.566. The third-order valence-corrected chi connectivity index (χ3v) is 0.566. The number of rotatable bonds is 0. The van der Waals surface area contributed by atoms with Crippen molar-refractivity contribution < 1.29 is 65.6 Å². The minimum Gasteiger partial charge on any atom is -1.00 e. The largest absolute Gasteiger partial charge is 1.00 e. The van der Waals surface area contributed by atoms with Crippen molar-refractivity contribution in [2.24, 2.45) is 0 Å². The molecule has 0 saturated carbocycles. The van der Waals surface area contributed by atoms with E-state index in [4.69, 9.17) is 17.5 Å². The fraction of sp³-hybridized carbons (Fsp3) is 0. The normalized spacial score (nSPS) is 8.15. The minimum absolute atomic E-state index is 0. The standard InChI is InChI=1S/C5H5N.Cu.Na.H2O4S.H/c1-2-4-6-5-3-1;;;1-5(2,3)4;/h1-5H;;;(H2,1,2,3,4);/q;;+1;;-1. The Morgan fingerprint density at radius 2 is 1.38 bits per heavy atom. The summed E-state index contributed by atoms with van der Waals surface area (Å²) in [7, 11) is -4.67. The zero-order valence-corrected chi connectivity index (χ0v) is 10.5. The SMILES string of the molecule is O=S(=O)(O)O.[Cu].[H-].[Na+].c1ccncc1. The van der Waals surface area contributed by atoms with E-state index in [-0.39, 0.29) is 48.1 Å². The minimum atomic E-state index is -4.67. The number of nitrogens with zero attached hydrogens (tertiary/aromatic N) is 1. The summed E-state index contributed by atoms with van der Waals surface area (Å²) < 4.78 is 31.6. The predicted octanol–water partition coefficient (Wildman–Crippen LogP) is -2.46. The van der Waals surface area contributed by atoms with E-state index in [0.29, 0.717) is 0 Å². The van der Waals surface area contributed by atoms with Crippen molar-refractivity contribution >= 4 is 10.4 Å². The smallest absolute Gasteiger partial charge is 1.00 e. The van der Waals surface area contributed by atoms with Gasteiger partial charge in [-0.1, -0.05) is 6.07 Å². The first-order chi connectivity index (χ1) is 5.00. The molecule has 0 aliphatic rings. The van der Waals surface area contributed by atoms with Crippen LogP contribution in [0.2, 0.25) is 0 Å². The number of hydrogen-bond acceptors (Lipinski definition) is 3. The van der Waals surface area contributed by atoms with Crippen LogP contribution in [0.25, 0.3) is 0 Å². The van der Waals surface area contributed by atoms with Crippen molar-refractivity contribution in [2.45, 2.75) is 0 Å². The van der Waals surface area contributed by atoms with E-state index in [0.717, 1.165) is 0 Å². The van der Waals surface area contributed by atoms with E-state index >= 15 is 0 Å². The van der Waals surface area contributed by atoms with Gasteiger partial charge in [-0.15, -0.1) is 0 Å². The molecule has 0 unspecified atom stereocenters. The molecule has 0 saturated heterocycles. The predicted molar refractivity (Wildman–Crippen MR) is 39.5 cm³/mol. The van der Waals surface area contributed by atoms with Crippen LogP contribution in [0.1, 0.15) is 1.43 Å². The van der Waals surface area contributed by atoms with E-state index in [1.165, 1.54) is 0 Å². The van der Waals surface area contributed by atoms with Gasteiger partial charge < -0.3 is 1.43 Å². The second-order valence-electron chi connectivity index (χ2n) is 1.47. The van der Waals surface area contributed by atoms with E-state index in [9.17, 15) is 0 Å². The molecule has 1 aromatic heterocycles. The zero-order valence-electron chi connectivity index (χ0n) is 7.75. The molecule has 2 N–H and O–H groups in total. The summed E-state index contributed by atoms with van der Waals surface area (Å²) in [4.78, 5) is 3.78. The fourth-order valence-corrected chi connectivity index (χ4v) is 0.313. The topological polar surface area (TPSA) is 87.5 Å². The summed E-state index contributed by atoms with van der Waals surface area (Å²) in [6.07, 6.45) is 3.50. The molecule has 0 amide bonds. The molecule has 5 nitrogen and oxygen atoms in total. The van der Waals surface area contributed by atoms with Crippen molar-refractivity contribution in [1.29, 1.82) is 0 Å². The van der Waals surface area contributed by atoms with E-state index in [2.05, 4.69) is 4.98 Å². The summed E-state index contributed by atoms with van der Waals surface area (Å²) in [6, 6.07) is 5.72. The first-order valence-electron chi connectivity index (χ1n) is 2.55. The molecule has 0 aromatic carbocycles. The molecule has 0 bridgehead atoms. The van der Waals surface area contributed by atoms with E-state index < -0.39 is 10.4 Å². The number of aromatic nitrogens is 1. The summed E-state index contributed by atoms with van der Waals surface area (Å²) in [5, 5.41) is 0. The molecule has 0 atom stereocenters. The van der Waals surface area contributed by atoms with Crippen molar-refractivity contribution in [2.75, 3.05) is 0 Å². The van der Waals surface area contributed by atoms with Gasteiger partial charge in [0.15, 0.2) is 0 Å². The van der Waals surface area contributed by atoms with Crippen LogP contribution in [0.15, 0.2) is 30.6 Å². The Morgan fingerprint density at radius 3 is 1.46 bits per heavy atom. The first kappa shape index (κ1) is 19.2. The van der Waals surface area contributed by atoms with Gasteiger partial charge in [0.05, 0.1) is 0 Å². The van der Waals surface area contributed by atoms with Crippen LogP contribution in [0.3, 0.4) is 0 Å². The molecule has 0 spiro atoms. The van der Waals surface area contributed by atoms with Crippen molar-refractivity contribution in [3.8, 4) is 0 Å². The molecule has 1 aromatic rings. The van der Waals surface area contributed by atoms with Gasteiger partial charge in [0.1, 0.15) is 0 Å². The van der Waals surface area contributed by atoms with Crippen LogP contribution < -0.4 is 29.6 Å².